The molecule has 0 fully saturated rings. The minimum atomic E-state index is -0.205. The van der Waals surface area contributed by atoms with Crippen molar-refractivity contribution in [3.8, 4) is 12.1 Å². The highest BCUT2D eigenvalue weighted by Gasteiger charge is 2.19. The van der Waals surface area contributed by atoms with E-state index in [0.29, 0.717) is 12.0 Å². The lowest BCUT2D eigenvalue weighted by Gasteiger charge is -2.14. The van der Waals surface area contributed by atoms with Crippen LogP contribution < -0.4 is 0 Å². The Morgan fingerprint density at radius 1 is 1.42 bits per heavy atom. The lowest BCUT2D eigenvalue weighted by atomic mass is 9.93. The van der Waals surface area contributed by atoms with Crippen LogP contribution in [0.15, 0.2) is 16.3 Å². The summed E-state index contributed by atoms with van der Waals surface area (Å²) in [5.41, 5.74) is 2.20. The molecule has 0 aromatic rings. The van der Waals surface area contributed by atoms with Crippen molar-refractivity contribution in [2.75, 3.05) is 0 Å². The molecular formula is C9H9N3. The quantitative estimate of drug-likeness (QED) is 0.541. The van der Waals surface area contributed by atoms with Crippen molar-refractivity contribution in [3.05, 3.63) is 11.3 Å². The Morgan fingerprint density at radius 2 is 2.08 bits per heavy atom. The fourth-order valence-corrected chi connectivity index (χ4v) is 1.18. The molecule has 0 bridgehead atoms. The van der Waals surface area contributed by atoms with E-state index in [9.17, 15) is 0 Å². The predicted molar refractivity (Wildman–Crippen MR) is 45.1 cm³/mol. The van der Waals surface area contributed by atoms with Crippen LogP contribution in [0.1, 0.15) is 20.3 Å². The van der Waals surface area contributed by atoms with Crippen molar-refractivity contribution in [1.82, 2.24) is 0 Å². The lowest BCUT2D eigenvalue weighted by molar-refractivity contribution is 0.826. The summed E-state index contributed by atoms with van der Waals surface area (Å²) in [4.78, 5) is 4.14. The van der Waals surface area contributed by atoms with Gasteiger partial charge in [-0.05, 0) is 13.8 Å². The van der Waals surface area contributed by atoms with Crippen LogP contribution in [-0.4, -0.2) is 5.71 Å². The molecule has 1 unspecified atom stereocenters. The Labute approximate surface area is 71.6 Å². The van der Waals surface area contributed by atoms with Gasteiger partial charge >= 0.3 is 0 Å². The summed E-state index contributed by atoms with van der Waals surface area (Å²) in [6, 6.07) is 4.18. The van der Waals surface area contributed by atoms with Crippen LogP contribution in [0.3, 0.4) is 0 Å². The van der Waals surface area contributed by atoms with Gasteiger partial charge in [0.2, 0.25) is 0 Å². The summed E-state index contributed by atoms with van der Waals surface area (Å²) in [6.45, 7) is 3.63. The van der Waals surface area contributed by atoms with Gasteiger partial charge in [0.1, 0.15) is 0 Å². The lowest BCUT2D eigenvalue weighted by Crippen LogP contribution is -2.14. The van der Waals surface area contributed by atoms with E-state index in [-0.39, 0.29) is 5.92 Å². The zero-order chi connectivity index (χ0) is 9.14. The summed E-state index contributed by atoms with van der Waals surface area (Å²) in [5, 5.41) is 17.4. The first-order valence-electron chi connectivity index (χ1n) is 3.73. The third-order valence-electron chi connectivity index (χ3n) is 1.98. The van der Waals surface area contributed by atoms with E-state index in [0.717, 1.165) is 11.4 Å². The SMILES string of the molecule is CC1=NC(C)=C(C#N)CC1C#N. The van der Waals surface area contributed by atoms with Crippen molar-refractivity contribution in [1.29, 1.82) is 10.5 Å². The number of hydrogen-bond donors (Lipinski definition) is 0. The topological polar surface area (TPSA) is 59.9 Å². The maximum atomic E-state index is 8.70. The Morgan fingerprint density at radius 3 is 2.58 bits per heavy atom. The monoisotopic (exact) mass is 159 g/mol. The minimum absolute atomic E-state index is 0.205. The Kier molecular flexibility index (Phi) is 2.26. The van der Waals surface area contributed by atoms with Crippen LogP contribution in [0, 0.1) is 28.6 Å². The second-order valence-corrected chi connectivity index (χ2v) is 2.81. The van der Waals surface area contributed by atoms with Crippen LogP contribution >= 0.6 is 0 Å². The second-order valence-electron chi connectivity index (χ2n) is 2.81. The van der Waals surface area contributed by atoms with E-state index >= 15 is 0 Å². The molecule has 0 amide bonds. The van der Waals surface area contributed by atoms with Crippen molar-refractivity contribution >= 4 is 5.71 Å². The Bertz CT molecular complexity index is 336. The Balaban J connectivity index is 3.03. The molecule has 0 radical (unpaired) electrons. The number of nitriles is 2. The molecule has 0 aliphatic carbocycles. The second kappa shape index (κ2) is 3.19. The van der Waals surface area contributed by atoms with Gasteiger partial charge in [-0.1, -0.05) is 0 Å². The molecule has 60 valence electrons. The summed E-state index contributed by atoms with van der Waals surface area (Å²) >= 11 is 0. The molecule has 0 saturated carbocycles. The third kappa shape index (κ3) is 1.35. The van der Waals surface area contributed by atoms with E-state index < -0.39 is 0 Å². The molecule has 0 spiro atoms. The van der Waals surface area contributed by atoms with Crippen molar-refractivity contribution < 1.29 is 0 Å². The molecule has 0 aromatic carbocycles. The molecule has 0 N–H and O–H groups in total. The zero-order valence-electron chi connectivity index (χ0n) is 7.13. The van der Waals surface area contributed by atoms with Crippen LogP contribution in [0.5, 0.6) is 0 Å². The first kappa shape index (κ1) is 8.49. The first-order chi connectivity index (χ1) is 5.69. The van der Waals surface area contributed by atoms with Gasteiger partial charge in [0.15, 0.2) is 0 Å². The Hall–Kier alpha value is -1.61. The molecule has 0 aromatic heterocycles. The third-order valence-corrected chi connectivity index (χ3v) is 1.98. The van der Waals surface area contributed by atoms with Gasteiger partial charge in [-0.25, -0.2) is 0 Å². The van der Waals surface area contributed by atoms with Crippen LogP contribution in [0.25, 0.3) is 0 Å². The fraction of sp³-hybridized carbons (Fsp3) is 0.444. The normalized spacial score (nSPS) is 22.7. The van der Waals surface area contributed by atoms with Crippen LogP contribution in [-0.2, 0) is 0 Å². The fourth-order valence-electron chi connectivity index (χ4n) is 1.18. The van der Waals surface area contributed by atoms with Gasteiger partial charge in [0.05, 0.1) is 29.3 Å². The van der Waals surface area contributed by atoms with Crippen molar-refractivity contribution in [3.63, 3.8) is 0 Å². The number of hydrogen-bond acceptors (Lipinski definition) is 3. The first-order valence-corrected chi connectivity index (χ1v) is 3.73. The highest BCUT2D eigenvalue weighted by Crippen LogP contribution is 2.22. The average Bonchev–Trinajstić information content (AvgIpc) is 2.05. The van der Waals surface area contributed by atoms with Crippen molar-refractivity contribution in [2.45, 2.75) is 20.3 Å². The summed E-state index contributed by atoms with van der Waals surface area (Å²) < 4.78 is 0. The summed E-state index contributed by atoms with van der Waals surface area (Å²) in [6.07, 6.45) is 0.522. The molecule has 1 atom stereocenters. The van der Waals surface area contributed by atoms with Gasteiger partial charge in [-0.2, -0.15) is 10.5 Å². The molecule has 1 rings (SSSR count). The number of aliphatic imine (C=N–C) groups is 1. The largest absolute Gasteiger partial charge is 0.260 e. The summed E-state index contributed by atoms with van der Waals surface area (Å²) in [7, 11) is 0. The van der Waals surface area contributed by atoms with Gasteiger partial charge in [-0.3, -0.25) is 4.99 Å². The van der Waals surface area contributed by atoms with E-state index in [1.807, 2.05) is 6.92 Å². The zero-order valence-corrected chi connectivity index (χ0v) is 7.13. The van der Waals surface area contributed by atoms with Crippen molar-refractivity contribution in [2.24, 2.45) is 10.9 Å². The highest BCUT2D eigenvalue weighted by molar-refractivity contribution is 5.88. The molecule has 0 saturated heterocycles. The minimum Gasteiger partial charge on any atom is -0.260 e. The molecule has 1 aliphatic heterocycles. The number of nitrogens with zero attached hydrogens (tertiary/aromatic N) is 3. The molecule has 1 heterocycles. The van der Waals surface area contributed by atoms with E-state index in [1.165, 1.54) is 0 Å². The van der Waals surface area contributed by atoms with Crippen LogP contribution in [0.4, 0.5) is 0 Å². The highest BCUT2D eigenvalue weighted by atomic mass is 14.8. The van der Waals surface area contributed by atoms with E-state index in [2.05, 4.69) is 17.1 Å². The molecular weight excluding hydrogens is 150 g/mol. The van der Waals surface area contributed by atoms with E-state index in [1.54, 1.807) is 6.92 Å². The maximum absolute atomic E-state index is 8.70. The number of allylic oxidation sites excluding steroid dienone is 2. The van der Waals surface area contributed by atoms with Gasteiger partial charge in [-0.15, -0.1) is 0 Å². The standard InChI is InChI=1S/C9H9N3/c1-6-8(4-10)3-9(5-11)7(2)12-6/h8H,3H2,1-2H3. The summed E-state index contributed by atoms with van der Waals surface area (Å²) in [5.74, 6) is -0.205. The van der Waals surface area contributed by atoms with Crippen LogP contribution in [0.2, 0.25) is 0 Å². The van der Waals surface area contributed by atoms with Gasteiger partial charge in [0, 0.05) is 12.1 Å². The number of rotatable bonds is 0. The predicted octanol–water partition coefficient (Wildman–Crippen LogP) is 1.79. The van der Waals surface area contributed by atoms with Gasteiger partial charge in [0.25, 0.3) is 0 Å². The average molecular weight is 159 g/mol. The van der Waals surface area contributed by atoms with E-state index in [4.69, 9.17) is 10.5 Å². The maximum Gasteiger partial charge on any atom is 0.0966 e. The molecule has 12 heavy (non-hydrogen) atoms. The van der Waals surface area contributed by atoms with Gasteiger partial charge < -0.3 is 0 Å². The molecule has 3 nitrogen and oxygen atoms in total. The smallest absolute Gasteiger partial charge is 0.0966 e. The molecule has 1 aliphatic rings. The molecule has 3 heteroatoms.